The lowest BCUT2D eigenvalue weighted by Crippen LogP contribution is -2.40. The molecule has 0 aromatic heterocycles. The average molecular weight is 222 g/mol. The van der Waals surface area contributed by atoms with Crippen molar-refractivity contribution < 1.29 is 1.43 Å². The second-order valence-corrected chi connectivity index (χ2v) is 7.57. The Hall–Kier alpha value is -0.440. The molecule has 1 aliphatic carbocycles. The monoisotopic (exact) mass is 222 g/mol. The molecule has 0 N–H and O–H groups in total. The van der Waals surface area contributed by atoms with E-state index in [0.717, 1.165) is 0 Å². The van der Waals surface area contributed by atoms with Crippen LogP contribution >= 0.6 is 0 Å². The number of hydrogen-bond donors (Lipinski definition) is 0. The first-order chi connectivity index (χ1) is 7.18. The van der Waals surface area contributed by atoms with Crippen LogP contribution in [0.5, 0.6) is 0 Å². The van der Waals surface area contributed by atoms with Gasteiger partial charge in [-0.1, -0.05) is 48.0 Å². The maximum atomic E-state index is 5.83. The number of hydrogen-bond acceptors (Lipinski definition) is 0. The third kappa shape index (κ3) is 2.82. The van der Waals surface area contributed by atoms with E-state index in [1.54, 1.807) is 0 Å². The van der Waals surface area contributed by atoms with Crippen molar-refractivity contribution in [3.8, 4) is 12.3 Å². The molecule has 1 saturated carbocycles. The van der Waals surface area contributed by atoms with Crippen molar-refractivity contribution in [3.05, 3.63) is 0 Å². The Morgan fingerprint density at radius 3 is 1.56 bits per heavy atom. The average Bonchev–Trinajstić information content (AvgIpc) is 2.13. The summed E-state index contributed by atoms with van der Waals surface area (Å²) in [5, 5.41) is 0. The van der Waals surface area contributed by atoms with Gasteiger partial charge in [0.2, 0.25) is 0 Å². The van der Waals surface area contributed by atoms with E-state index >= 15 is 0 Å². The fraction of sp³-hybridized carbons (Fsp3) is 0.875. The minimum atomic E-state index is 0. The second kappa shape index (κ2) is 4.44. The topological polar surface area (TPSA) is 0 Å². The molecule has 94 valence electrons. The van der Waals surface area contributed by atoms with Gasteiger partial charge in [0.1, 0.15) is 0 Å². The summed E-state index contributed by atoms with van der Waals surface area (Å²) in [5.41, 5.74) is 0.696. The van der Waals surface area contributed by atoms with Crippen molar-refractivity contribution in [2.45, 2.75) is 60.8 Å². The van der Waals surface area contributed by atoms with E-state index in [-0.39, 0.29) is 1.43 Å². The maximum Gasteiger partial charge on any atom is 0.0266 e. The van der Waals surface area contributed by atoms with Gasteiger partial charge in [-0.2, -0.15) is 0 Å². The van der Waals surface area contributed by atoms with Crippen molar-refractivity contribution in [3.63, 3.8) is 0 Å². The highest BCUT2D eigenvalue weighted by molar-refractivity contribution is 5.06. The first-order valence-electron chi connectivity index (χ1n) is 6.64. The van der Waals surface area contributed by atoms with E-state index in [0.29, 0.717) is 28.6 Å². The smallest absolute Gasteiger partial charge is 0.0266 e. The Bertz CT molecular complexity index is 249. The Labute approximate surface area is 104 Å². The van der Waals surface area contributed by atoms with Gasteiger partial charge in [-0.05, 0) is 35.5 Å². The molecular formula is C16H30. The molecule has 0 aromatic rings. The molecule has 1 rings (SSSR count). The van der Waals surface area contributed by atoms with Crippen LogP contribution in [0.3, 0.4) is 0 Å². The van der Waals surface area contributed by atoms with Crippen LogP contribution < -0.4 is 0 Å². The van der Waals surface area contributed by atoms with Gasteiger partial charge in [0.15, 0.2) is 0 Å². The van der Waals surface area contributed by atoms with Gasteiger partial charge in [0.25, 0.3) is 0 Å². The van der Waals surface area contributed by atoms with E-state index in [1.807, 2.05) is 0 Å². The first kappa shape index (κ1) is 13.6. The van der Waals surface area contributed by atoms with Gasteiger partial charge in [-0.25, -0.2) is 0 Å². The predicted molar refractivity (Wildman–Crippen MR) is 74.2 cm³/mol. The van der Waals surface area contributed by atoms with Crippen molar-refractivity contribution in [1.29, 1.82) is 0 Å². The zero-order valence-corrected chi connectivity index (χ0v) is 11.9. The van der Waals surface area contributed by atoms with Crippen LogP contribution in [0, 0.1) is 40.9 Å². The summed E-state index contributed by atoms with van der Waals surface area (Å²) >= 11 is 0. The molecule has 0 heteroatoms. The van der Waals surface area contributed by atoms with Crippen LogP contribution in [-0.2, 0) is 0 Å². The Balaban J connectivity index is 0.00000256. The molecule has 0 radical (unpaired) electrons. The minimum absolute atomic E-state index is 0. The highest BCUT2D eigenvalue weighted by Crippen LogP contribution is 2.49. The van der Waals surface area contributed by atoms with Crippen molar-refractivity contribution in [1.82, 2.24) is 0 Å². The first-order valence-corrected chi connectivity index (χ1v) is 6.64. The third-order valence-corrected chi connectivity index (χ3v) is 4.31. The van der Waals surface area contributed by atoms with Gasteiger partial charge in [0.05, 0.1) is 0 Å². The lowest BCUT2D eigenvalue weighted by molar-refractivity contribution is 0.0403. The lowest BCUT2D eigenvalue weighted by Gasteiger charge is -2.47. The zero-order valence-electron chi connectivity index (χ0n) is 11.9. The van der Waals surface area contributed by atoms with Gasteiger partial charge >= 0.3 is 0 Å². The largest absolute Gasteiger partial charge is 0.120 e. The fourth-order valence-electron chi connectivity index (χ4n) is 3.37. The van der Waals surface area contributed by atoms with Crippen LogP contribution in [0.1, 0.15) is 62.2 Å². The second-order valence-electron chi connectivity index (χ2n) is 7.57. The third-order valence-electron chi connectivity index (χ3n) is 4.31. The summed E-state index contributed by atoms with van der Waals surface area (Å²) in [5.74, 6) is 4.96. The van der Waals surface area contributed by atoms with Crippen molar-refractivity contribution in [2.75, 3.05) is 0 Å². The molecule has 2 unspecified atom stereocenters. The minimum Gasteiger partial charge on any atom is -0.120 e. The van der Waals surface area contributed by atoms with Gasteiger partial charge in [0, 0.05) is 7.34 Å². The molecule has 1 aliphatic rings. The Kier molecular flexibility index (Phi) is 3.78. The number of rotatable bonds is 0. The van der Waals surface area contributed by atoms with Crippen LogP contribution in [-0.4, -0.2) is 0 Å². The molecule has 2 atom stereocenters. The van der Waals surface area contributed by atoms with Crippen molar-refractivity contribution in [2.24, 2.45) is 28.6 Å². The van der Waals surface area contributed by atoms with E-state index in [4.69, 9.17) is 6.42 Å². The summed E-state index contributed by atoms with van der Waals surface area (Å²) in [6.45, 7) is 14.0. The van der Waals surface area contributed by atoms with E-state index in [1.165, 1.54) is 19.3 Å². The molecule has 16 heavy (non-hydrogen) atoms. The summed E-state index contributed by atoms with van der Waals surface area (Å²) in [7, 11) is 0. The molecule has 0 bridgehead atoms. The summed E-state index contributed by atoms with van der Waals surface area (Å²) in [4.78, 5) is 0. The van der Waals surface area contributed by atoms with Gasteiger partial charge in [-0.15, -0.1) is 12.3 Å². The van der Waals surface area contributed by atoms with Gasteiger partial charge in [-0.3, -0.25) is 0 Å². The predicted octanol–water partition coefficient (Wildman–Crippen LogP) is 4.99. The van der Waals surface area contributed by atoms with E-state index < -0.39 is 0 Å². The summed E-state index contributed by atoms with van der Waals surface area (Å²) < 4.78 is 0. The molecule has 0 heterocycles. The molecule has 1 fully saturated rings. The quantitative estimate of drug-likeness (QED) is 0.506. The summed E-state index contributed by atoms with van der Waals surface area (Å²) in [6, 6.07) is 0. The summed E-state index contributed by atoms with van der Waals surface area (Å²) in [6.07, 6.45) is 9.80. The highest BCUT2D eigenvalue weighted by atomic mass is 14.5. The molecule has 0 nitrogen and oxygen atoms in total. The fourth-order valence-corrected chi connectivity index (χ4v) is 3.37. The van der Waals surface area contributed by atoms with Crippen LogP contribution in [0.25, 0.3) is 0 Å². The zero-order chi connectivity index (χ0) is 12.6. The lowest BCUT2D eigenvalue weighted by atomic mass is 9.57. The Morgan fingerprint density at radius 1 is 0.938 bits per heavy atom. The van der Waals surface area contributed by atoms with E-state index in [2.05, 4.69) is 47.5 Å². The van der Waals surface area contributed by atoms with Crippen molar-refractivity contribution >= 4 is 0 Å². The van der Waals surface area contributed by atoms with Crippen LogP contribution in [0.4, 0.5) is 0 Å². The van der Waals surface area contributed by atoms with Gasteiger partial charge < -0.3 is 0 Å². The molecule has 0 spiro atoms. The maximum absolute atomic E-state index is 5.83. The van der Waals surface area contributed by atoms with E-state index in [9.17, 15) is 0 Å². The SMILES string of the molecule is C#CC1C(C(C)(C)C)CCCC1C(C)(C)C.[HH]. The molecule has 0 amide bonds. The highest BCUT2D eigenvalue weighted by Gasteiger charge is 2.42. The molecule has 0 aliphatic heterocycles. The number of terminal acetylenes is 1. The normalized spacial score (nSPS) is 32.2. The van der Waals surface area contributed by atoms with Crippen LogP contribution in [0.2, 0.25) is 0 Å². The Morgan fingerprint density at radius 2 is 1.31 bits per heavy atom. The molecule has 0 aromatic carbocycles. The standard InChI is InChI=1S/C16H28.H2/c1-8-12-13(15(2,3)4)10-9-11-14(12)16(5,6)7;/h1,12-14H,9-11H2,2-7H3;1H. The van der Waals surface area contributed by atoms with Crippen LogP contribution in [0.15, 0.2) is 0 Å². The molecule has 0 saturated heterocycles. The molecular weight excluding hydrogens is 192 g/mol.